The van der Waals surface area contributed by atoms with E-state index >= 15 is 0 Å². The average molecular weight is 263 g/mol. The summed E-state index contributed by atoms with van der Waals surface area (Å²) in [5, 5.41) is 10.8. The van der Waals surface area contributed by atoms with Gasteiger partial charge in [0.05, 0.1) is 7.11 Å². The standard InChI is InChI=1S/C13H13NO5/c1-19-13(18)12(9-5-3-2-4-6-9)14-10(15)7-8-11(16)17/h2-8,12H,1H3,(H,14,15)(H,16,17)/b8-7-/t12-/m1/s1. The zero-order valence-corrected chi connectivity index (χ0v) is 10.2. The van der Waals surface area contributed by atoms with Gasteiger partial charge in [-0.3, -0.25) is 4.79 Å². The van der Waals surface area contributed by atoms with Crippen LogP contribution in [-0.4, -0.2) is 30.1 Å². The van der Waals surface area contributed by atoms with Crippen LogP contribution >= 0.6 is 0 Å². The second-order valence-electron chi connectivity index (χ2n) is 3.55. The van der Waals surface area contributed by atoms with Crippen LogP contribution in [0.5, 0.6) is 0 Å². The lowest BCUT2D eigenvalue weighted by Gasteiger charge is -2.15. The van der Waals surface area contributed by atoms with E-state index in [2.05, 4.69) is 10.1 Å². The maximum atomic E-state index is 11.6. The molecule has 0 aromatic heterocycles. The normalized spacial score (nSPS) is 11.8. The van der Waals surface area contributed by atoms with Crippen LogP contribution in [0.3, 0.4) is 0 Å². The van der Waals surface area contributed by atoms with Gasteiger partial charge in [-0.1, -0.05) is 30.3 Å². The Bertz CT molecular complexity index is 495. The Hall–Kier alpha value is -2.63. The van der Waals surface area contributed by atoms with E-state index in [1.807, 2.05) is 0 Å². The van der Waals surface area contributed by atoms with E-state index in [9.17, 15) is 14.4 Å². The number of hydrogen-bond donors (Lipinski definition) is 2. The summed E-state index contributed by atoms with van der Waals surface area (Å²) < 4.78 is 4.60. The average Bonchev–Trinajstić information content (AvgIpc) is 2.42. The van der Waals surface area contributed by atoms with Crippen LogP contribution in [0.15, 0.2) is 42.5 Å². The van der Waals surface area contributed by atoms with Crippen LogP contribution in [0.2, 0.25) is 0 Å². The molecule has 0 bridgehead atoms. The van der Waals surface area contributed by atoms with Crippen LogP contribution in [0, 0.1) is 0 Å². The van der Waals surface area contributed by atoms with Gasteiger partial charge < -0.3 is 15.2 Å². The van der Waals surface area contributed by atoms with E-state index < -0.39 is 23.9 Å². The maximum Gasteiger partial charge on any atom is 0.333 e. The van der Waals surface area contributed by atoms with E-state index in [4.69, 9.17) is 5.11 Å². The highest BCUT2D eigenvalue weighted by Crippen LogP contribution is 2.13. The predicted octanol–water partition coefficient (Wildman–Crippen LogP) is 0.658. The van der Waals surface area contributed by atoms with Crippen LogP contribution in [0.4, 0.5) is 0 Å². The largest absolute Gasteiger partial charge is 0.478 e. The summed E-state index contributed by atoms with van der Waals surface area (Å²) in [6.45, 7) is 0. The highest BCUT2D eigenvalue weighted by Gasteiger charge is 2.22. The van der Waals surface area contributed by atoms with Crippen LogP contribution in [-0.2, 0) is 19.1 Å². The van der Waals surface area contributed by atoms with Crippen LogP contribution < -0.4 is 5.32 Å². The zero-order chi connectivity index (χ0) is 14.3. The van der Waals surface area contributed by atoms with E-state index in [1.165, 1.54) is 7.11 Å². The number of carboxylic acids is 1. The number of methoxy groups -OCH3 is 1. The van der Waals surface area contributed by atoms with Gasteiger partial charge in [-0.2, -0.15) is 0 Å². The summed E-state index contributed by atoms with van der Waals surface area (Å²) in [5.41, 5.74) is 0.548. The molecule has 0 heterocycles. The first-order valence-corrected chi connectivity index (χ1v) is 5.39. The molecule has 1 rings (SSSR count). The molecule has 0 spiro atoms. The minimum absolute atomic E-state index is 0.548. The molecule has 0 fully saturated rings. The van der Waals surface area contributed by atoms with E-state index in [1.54, 1.807) is 30.3 Å². The van der Waals surface area contributed by atoms with Gasteiger partial charge in [0.15, 0.2) is 6.04 Å². The quantitative estimate of drug-likeness (QED) is 0.601. The smallest absolute Gasteiger partial charge is 0.333 e. The monoisotopic (exact) mass is 263 g/mol. The second-order valence-corrected chi connectivity index (χ2v) is 3.55. The van der Waals surface area contributed by atoms with Crippen molar-refractivity contribution in [3.8, 4) is 0 Å². The Morgan fingerprint density at radius 3 is 2.37 bits per heavy atom. The molecule has 1 aromatic carbocycles. The first-order valence-electron chi connectivity index (χ1n) is 5.39. The molecular weight excluding hydrogens is 250 g/mol. The number of esters is 1. The molecule has 2 N–H and O–H groups in total. The number of benzene rings is 1. The Morgan fingerprint density at radius 1 is 1.21 bits per heavy atom. The van der Waals surface area contributed by atoms with Crippen molar-refractivity contribution < 1.29 is 24.2 Å². The molecule has 1 atom stereocenters. The minimum Gasteiger partial charge on any atom is -0.478 e. The fourth-order valence-corrected chi connectivity index (χ4v) is 1.38. The van der Waals surface area contributed by atoms with E-state index in [-0.39, 0.29) is 0 Å². The van der Waals surface area contributed by atoms with Crippen molar-refractivity contribution in [2.75, 3.05) is 7.11 Å². The van der Waals surface area contributed by atoms with Gasteiger partial charge in [-0.25, -0.2) is 9.59 Å². The Labute approximate surface area is 109 Å². The summed E-state index contributed by atoms with van der Waals surface area (Å²) in [7, 11) is 1.21. The van der Waals surface area contributed by atoms with Crippen molar-refractivity contribution in [3.05, 3.63) is 48.0 Å². The lowest BCUT2D eigenvalue weighted by molar-refractivity contribution is -0.144. The Kier molecular flexibility index (Phi) is 5.28. The van der Waals surface area contributed by atoms with Crippen molar-refractivity contribution in [1.29, 1.82) is 0 Å². The van der Waals surface area contributed by atoms with Crippen molar-refractivity contribution >= 4 is 17.8 Å². The van der Waals surface area contributed by atoms with Gasteiger partial charge >= 0.3 is 11.9 Å². The minimum atomic E-state index is -1.25. The van der Waals surface area contributed by atoms with Crippen molar-refractivity contribution in [1.82, 2.24) is 5.32 Å². The SMILES string of the molecule is COC(=O)[C@H](NC(=O)/C=C\C(=O)O)c1ccccc1. The summed E-state index contributed by atoms with van der Waals surface area (Å²) in [6.07, 6.45) is 1.52. The third kappa shape index (κ3) is 4.63. The molecule has 100 valence electrons. The molecule has 0 aliphatic rings. The molecule has 1 amide bonds. The topological polar surface area (TPSA) is 92.7 Å². The van der Waals surface area contributed by atoms with Gasteiger partial charge in [0.25, 0.3) is 0 Å². The fraction of sp³-hybridized carbons (Fsp3) is 0.154. The first-order chi connectivity index (χ1) is 9.04. The molecule has 6 heteroatoms. The van der Waals surface area contributed by atoms with Gasteiger partial charge in [0.2, 0.25) is 5.91 Å². The van der Waals surface area contributed by atoms with Crippen LogP contribution in [0.1, 0.15) is 11.6 Å². The summed E-state index contributed by atoms with van der Waals surface area (Å²) in [6, 6.07) is 7.53. The lowest BCUT2D eigenvalue weighted by atomic mass is 10.1. The molecule has 0 unspecified atom stereocenters. The predicted molar refractivity (Wildman–Crippen MR) is 66.1 cm³/mol. The number of carboxylic acid groups (broad SMARTS) is 1. The number of carbonyl (C=O) groups is 3. The van der Waals surface area contributed by atoms with Gasteiger partial charge in [0.1, 0.15) is 0 Å². The summed E-state index contributed by atoms with van der Waals surface area (Å²) in [4.78, 5) is 33.4. The molecule has 0 radical (unpaired) electrons. The molecule has 1 aromatic rings. The number of ether oxygens (including phenoxy) is 1. The van der Waals surface area contributed by atoms with Crippen molar-refractivity contribution in [2.45, 2.75) is 6.04 Å². The summed E-state index contributed by atoms with van der Waals surface area (Å²) >= 11 is 0. The van der Waals surface area contributed by atoms with Gasteiger partial charge in [-0.05, 0) is 5.56 Å². The van der Waals surface area contributed by atoms with E-state index in [0.717, 1.165) is 6.08 Å². The highest BCUT2D eigenvalue weighted by atomic mass is 16.5. The number of carbonyl (C=O) groups excluding carboxylic acids is 2. The third-order valence-corrected chi connectivity index (χ3v) is 2.23. The number of nitrogens with one attached hydrogen (secondary N) is 1. The fourth-order valence-electron chi connectivity index (χ4n) is 1.38. The molecule has 6 nitrogen and oxygen atoms in total. The van der Waals surface area contributed by atoms with Gasteiger partial charge in [-0.15, -0.1) is 0 Å². The third-order valence-electron chi connectivity index (χ3n) is 2.23. The number of hydrogen-bond acceptors (Lipinski definition) is 4. The number of aliphatic carboxylic acids is 1. The Morgan fingerprint density at radius 2 is 1.84 bits per heavy atom. The molecule has 0 saturated carbocycles. The maximum absolute atomic E-state index is 11.6. The molecule has 19 heavy (non-hydrogen) atoms. The van der Waals surface area contributed by atoms with Crippen LogP contribution in [0.25, 0.3) is 0 Å². The molecular formula is C13H13NO5. The molecule has 0 aliphatic heterocycles. The second kappa shape index (κ2) is 6.95. The lowest BCUT2D eigenvalue weighted by Crippen LogP contribution is -2.33. The zero-order valence-electron chi connectivity index (χ0n) is 10.2. The number of rotatable bonds is 5. The molecule has 0 saturated heterocycles. The van der Waals surface area contributed by atoms with Crippen molar-refractivity contribution in [2.24, 2.45) is 0 Å². The van der Waals surface area contributed by atoms with Gasteiger partial charge in [0, 0.05) is 12.2 Å². The van der Waals surface area contributed by atoms with Crippen molar-refractivity contribution in [3.63, 3.8) is 0 Å². The summed E-state index contributed by atoms with van der Waals surface area (Å²) in [5.74, 6) is -2.57. The highest BCUT2D eigenvalue weighted by molar-refractivity contribution is 5.96. The van der Waals surface area contributed by atoms with E-state index in [0.29, 0.717) is 11.6 Å². The number of amides is 1. The molecule has 0 aliphatic carbocycles. The first kappa shape index (κ1) is 14.4. The Balaban J connectivity index is 2.85.